The van der Waals surface area contributed by atoms with Crippen molar-refractivity contribution in [2.24, 2.45) is 0 Å². The summed E-state index contributed by atoms with van der Waals surface area (Å²) in [4.78, 5) is 16.7. The fourth-order valence-corrected chi connectivity index (χ4v) is 3.39. The van der Waals surface area contributed by atoms with Gasteiger partial charge in [0.15, 0.2) is 0 Å². The number of piperazine rings is 1. The Morgan fingerprint density at radius 3 is 2.52 bits per heavy atom. The minimum Gasteiger partial charge on any atom is -0.366 e. The van der Waals surface area contributed by atoms with E-state index < -0.39 is 0 Å². The smallest absolute Gasteiger partial charge is 0.234 e. The monoisotopic (exact) mass is 341 g/mol. The van der Waals surface area contributed by atoms with Crippen LogP contribution in [0.2, 0.25) is 0 Å². The molecule has 1 fully saturated rings. The number of carbonyl (C=O) groups excluding carboxylic acids is 1. The van der Waals surface area contributed by atoms with Crippen molar-refractivity contribution < 1.29 is 4.79 Å². The lowest BCUT2D eigenvalue weighted by molar-refractivity contribution is -0.122. The van der Waals surface area contributed by atoms with Crippen molar-refractivity contribution in [3.63, 3.8) is 0 Å². The molecular weight excluding hydrogens is 314 g/mol. The van der Waals surface area contributed by atoms with Gasteiger partial charge in [-0.1, -0.05) is 30.3 Å². The van der Waals surface area contributed by atoms with Crippen LogP contribution < -0.4 is 10.2 Å². The molecule has 2 N–H and O–H groups in total. The largest absolute Gasteiger partial charge is 0.366 e. The van der Waals surface area contributed by atoms with E-state index in [1.165, 1.54) is 11.3 Å². The number of anilines is 1. The number of aromatic amines is 1. The second-order valence-corrected chi connectivity index (χ2v) is 6.63. The molecule has 1 aliphatic heterocycles. The summed E-state index contributed by atoms with van der Waals surface area (Å²) in [5, 5.41) is 10.3. The predicted octanol–water partition coefficient (Wildman–Crippen LogP) is 1.51. The molecule has 1 aromatic carbocycles. The van der Waals surface area contributed by atoms with E-state index in [0.717, 1.165) is 44.0 Å². The molecule has 2 aromatic rings. The Hall–Kier alpha value is -2.34. The maximum atomic E-state index is 12.1. The number of amides is 1. The Bertz CT molecular complexity index is 670. The number of hydrogen-bond donors (Lipinski definition) is 2. The van der Waals surface area contributed by atoms with Crippen molar-refractivity contribution in [2.45, 2.75) is 20.3 Å². The summed E-state index contributed by atoms with van der Waals surface area (Å²) in [5.41, 5.74) is 4.63. The van der Waals surface area contributed by atoms with Crippen LogP contribution in [-0.2, 0) is 11.2 Å². The van der Waals surface area contributed by atoms with Gasteiger partial charge in [-0.25, -0.2) is 0 Å². The molecule has 6 heteroatoms. The maximum Gasteiger partial charge on any atom is 0.234 e. The van der Waals surface area contributed by atoms with Crippen molar-refractivity contribution in [3.05, 3.63) is 47.3 Å². The van der Waals surface area contributed by atoms with E-state index in [1.54, 1.807) is 0 Å². The molecule has 2 heterocycles. The summed E-state index contributed by atoms with van der Waals surface area (Å²) in [6, 6.07) is 10.2. The minimum absolute atomic E-state index is 0.111. The van der Waals surface area contributed by atoms with Crippen LogP contribution >= 0.6 is 0 Å². The summed E-state index contributed by atoms with van der Waals surface area (Å²) >= 11 is 0. The van der Waals surface area contributed by atoms with Crippen LogP contribution in [0.3, 0.4) is 0 Å². The first-order valence-electron chi connectivity index (χ1n) is 8.93. The zero-order valence-electron chi connectivity index (χ0n) is 15.1. The SMILES string of the molecule is Cc1n[nH]c(C)c1N1CCN(CC(=O)NCCc2ccccc2)CC1. The fraction of sp³-hybridized carbons (Fsp3) is 0.474. The average molecular weight is 341 g/mol. The molecule has 134 valence electrons. The van der Waals surface area contributed by atoms with Crippen LogP contribution in [0, 0.1) is 13.8 Å². The van der Waals surface area contributed by atoms with Crippen LogP contribution in [0.5, 0.6) is 0 Å². The first kappa shape index (κ1) is 17.5. The van der Waals surface area contributed by atoms with E-state index in [1.807, 2.05) is 25.1 Å². The number of nitrogens with zero attached hydrogens (tertiary/aromatic N) is 3. The number of H-pyrrole nitrogens is 1. The van der Waals surface area contributed by atoms with Gasteiger partial charge in [-0.3, -0.25) is 14.8 Å². The molecule has 1 saturated heterocycles. The van der Waals surface area contributed by atoms with Crippen LogP contribution in [-0.4, -0.2) is 60.3 Å². The number of hydrogen-bond acceptors (Lipinski definition) is 4. The molecule has 0 unspecified atom stereocenters. The zero-order valence-corrected chi connectivity index (χ0v) is 15.1. The van der Waals surface area contributed by atoms with Gasteiger partial charge in [-0.2, -0.15) is 5.10 Å². The Kier molecular flexibility index (Phi) is 5.71. The van der Waals surface area contributed by atoms with E-state index in [-0.39, 0.29) is 5.91 Å². The number of benzene rings is 1. The number of aryl methyl sites for hydroxylation is 2. The van der Waals surface area contributed by atoms with E-state index in [2.05, 4.69) is 44.4 Å². The Balaban J connectivity index is 1.39. The third-order valence-corrected chi connectivity index (χ3v) is 4.72. The summed E-state index contributed by atoms with van der Waals surface area (Å²) in [7, 11) is 0. The third kappa shape index (κ3) is 4.60. The molecule has 1 aromatic heterocycles. The van der Waals surface area contributed by atoms with E-state index >= 15 is 0 Å². The minimum atomic E-state index is 0.111. The van der Waals surface area contributed by atoms with Crippen LogP contribution in [0.4, 0.5) is 5.69 Å². The Labute approximate surface area is 149 Å². The number of nitrogens with one attached hydrogen (secondary N) is 2. The van der Waals surface area contributed by atoms with Gasteiger partial charge in [-0.15, -0.1) is 0 Å². The standard InChI is InChI=1S/C19H27N5O/c1-15-19(16(2)22-21-15)24-12-10-23(11-13-24)14-18(25)20-9-8-17-6-4-3-5-7-17/h3-7H,8-14H2,1-2H3,(H,20,25)(H,21,22). The van der Waals surface area contributed by atoms with E-state index in [4.69, 9.17) is 0 Å². The summed E-state index contributed by atoms with van der Waals surface area (Å²) < 4.78 is 0. The van der Waals surface area contributed by atoms with Crippen molar-refractivity contribution in [1.82, 2.24) is 20.4 Å². The number of aromatic nitrogens is 2. The third-order valence-electron chi connectivity index (χ3n) is 4.72. The molecule has 1 aliphatic rings. The summed E-state index contributed by atoms with van der Waals surface area (Å²) in [6.07, 6.45) is 0.874. The zero-order chi connectivity index (χ0) is 17.6. The van der Waals surface area contributed by atoms with Gasteiger partial charge in [0.25, 0.3) is 0 Å². The molecule has 0 saturated carbocycles. The highest BCUT2D eigenvalue weighted by atomic mass is 16.2. The quantitative estimate of drug-likeness (QED) is 0.836. The molecule has 1 amide bonds. The van der Waals surface area contributed by atoms with Gasteiger partial charge < -0.3 is 10.2 Å². The highest BCUT2D eigenvalue weighted by Crippen LogP contribution is 2.23. The molecular formula is C19H27N5O. The molecule has 0 aliphatic carbocycles. The summed E-state index contributed by atoms with van der Waals surface area (Å²) in [5.74, 6) is 0.111. The highest BCUT2D eigenvalue weighted by molar-refractivity contribution is 5.78. The van der Waals surface area contributed by atoms with E-state index in [0.29, 0.717) is 13.1 Å². The van der Waals surface area contributed by atoms with Gasteiger partial charge in [0.05, 0.1) is 23.6 Å². The van der Waals surface area contributed by atoms with Crippen LogP contribution in [0.15, 0.2) is 30.3 Å². The van der Waals surface area contributed by atoms with Gasteiger partial charge in [0.1, 0.15) is 0 Å². The van der Waals surface area contributed by atoms with Crippen molar-refractivity contribution in [1.29, 1.82) is 0 Å². The second kappa shape index (κ2) is 8.16. The predicted molar refractivity (Wildman–Crippen MR) is 99.9 cm³/mol. The molecule has 0 radical (unpaired) electrons. The topological polar surface area (TPSA) is 64.3 Å². The van der Waals surface area contributed by atoms with Gasteiger partial charge in [0.2, 0.25) is 5.91 Å². The molecule has 6 nitrogen and oxygen atoms in total. The molecule has 3 rings (SSSR count). The molecule has 25 heavy (non-hydrogen) atoms. The maximum absolute atomic E-state index is 12.1. The number of rotatable bonds is 6. The lowest BCUT2D eigenvalue weighted by atomic mass is 10.1. The lowest BCUT2D eigenvalue weighted by Gasteiger charge is -2.35. The van der Waals surface area contributed by atoms with Crippen LogP contribution in [0.1, 0.15) is 17.0 Å². The molecule has 0 atom stereocenters. The average Bonchev–Trinajstić information content (AvgIpc) is 2.95. The van der Waals surface area contributed by atoms with E-state index in [9.17, 15) is 4.79 Å². The summed E-state index contributed by atoms with van der Waals surface area (Å²) in [6.45, 7) is 8.92. The van der Waals surface area contributed by atoms with Crippen molar-refractivity contribution in [2.75, 3.05) is 44.2 Å². The molecule has 0 spiro atoms. The molecule has 0 bridgehead atoms. The van der Waals surface area contributed by atoms with Crippen molar-refractivity contribution >= 4 is 11.6 Å². The first-order chi connectivity index (χ1) is 12.1. The van der Waals surface area contributed by atoms with Crippen molar-refractivity contribution in [3.8, 4) is 0 Å². The Morgan fingerprint density at radius 1 is 1.16 bits per heavy atom. The van der Waals surface area contributed by atoms with Gasteiger partial charge in [-0.05, 0) is 25.8 Å². The van der Waals surface area contributed by atoms with Gasteiger partial charge in [0, 0.05) is 32.7 Å². The highest BCUT2D eigenvalue weighted by Gasteiger charge is 2.22. The lowest BCUT2D eigenvalue weighted by Crippen LogP contribution is -2.49. The Morgan fingerprint density at radius 2 is 1.88 bits per heavy atom. The first-order valence-corrected chi connectivity index (χ1v) is 8.93. The number of carbonyl (C=O) groups is 1. The van der Waals surface area contributed by atoms with Crippen LogP contribution in [0.25, 0.3) is 0 Å². The fourth-order valence-electron chi connectivity index (χ4n) is 3.39. The normalized spacial score (nSPS) is 15.4. The van der Waals surface area contributed by atoms with Gasteiger partial charge >= 0.3 is 0 Å². The second-order valence-electron chi connectivity index (χ2n) is 6.63.